The molecular formula is C16H18FN3. The second kappa shape index (κ2) is 4.09. The summed E-state index contributed by atoms with van der Waals surface area (Å²) >= 11 is 0. The van der Waals surface area contributed by atoms with Crippen molar-refractivity contribution in [1.29, 1.82) is 0 Å². The van der Waals surface area contributed by atoms with Crippen LogP contribution in [0, 0.1) is 5.82 Å². The van der Waals surface area contributed by atoms with Crippen molar-refractivity contribution in [2.75, 3.05) is 25.0 Å². The highest BCUT2D eigenvalue weighted by atomic mass is 19.1. The highest BCUT2D eigenvalue weighted by Gasteiger charge is 2.43. The minimum Gasteiger partial charge on any atom is -0.361 e. The highest BCUT2D eigenvalue weighted by molar-refractivity contribution is 5.68. The SMILES string of the molecule is CN1c2cc(F)ccc2-n2cccc2C12CCNCC2. The van der Waals surface area contributed by atoms with E-state index in [2.05, 4.69) is 40.2 Å². The van der Waals surface area contributed by atoms with Crippen LogP contribution in [0.4, 0.5) is 10.1 Å². The Morgan fingerprint density at radius 3 is 2.75 bits per heavy atom. The first-order valence-corrected chi connectivity index (χ1v) is 7.15. The molecule has 0 atom stereocenters. The molecule has 4 heteroatoms. The lowest BCUT2D eigenvalue weighted by atomic mass is 9.81. The van der Waals surface area contributed by atoms with Gasteiger partial charge in [0.25, 0.3) is 0 Å². The summed E-state index contributed by atoms with van der Waals surface area (Å²) < 4.78 is 15.9. The number of nitrogens with zero attached hydrogens (tertiary/aromatic N) is 2. The van der Waals surface area contributed by atoms with Crippen LogP contribution in [-0.2, 0) is 5.54 Å². The van der Waals surface area contributed by atoms with Crippen molar-refractivity contribution < 1.29 is 4.39 Å². The summed E-state index contributed by atoms with van der Waals surface area (Å²) in [4.78, 5) is 2.28. The molecule has 1 saturated heterocycles. The predicted octanol–water partition coefficient (Wildman–Crippen LogP) is 2.64. The van der Waals surface area contributed by atoms with Gasteiger partial charge in [0.05, 0.1) is 16.9 Å². The van der Waals surface area contributed by atoms with Crippen molar-refractivity contribution in [3.8, 4) is 5.69 Å². The van der Waals surface area contributed by atoms with Gasteiger partial charge in [0.2, 0.25) is 0 Å². The van der Waals surface area contributed by atoms with Crippen LogP contribution in [0.5, 0.6) is 0 Å². The van der Waals surface area contributed by atoms with Crippen LogP contribution in [0.2, 0.25) is 0 Å². The van der Waals surface area contributed by atoms with Gasteiger partial charge in [-0.15, -0.1) is 0 Å². The number of halogens is 1. The van der Waals surface area contributed by atoms with Gasteiger partial charge in [0, 0.05) is 18.9 Å². The molecule has 20 heavy (non-hydrogen) atoms. The molecular weight excluding hydrogens is 253 g/mol. The maximum atomic E-state index is 13.7. The number of hydrogen-bond acceptors (Lipinski definition) is 2. The fraction of sp³-hybridized carbons (Fsp3) is 0.375. The fourth-order valence-corrected chi connectivity index (χ4v) is 3.77. The summed E-state index contributed by atoms with van der Waals surface area (Å²) in [5.41, 5.74) is 3.35. The molecule has 0 radical (unpaired) electrons. The van der Waals surface area contributed by atoms with Gasteiger partial charge in [-0.2, -0.15) is 0 Å². The van der Waals surface area contributed by atoms with E-state index in [0.717, 1.165) is 37.3 Å². The van der Waals surface area contributed by atoms with Crippen LogP contribution in [0.1, 0.15) is 18.5 Å². The molecule has 3 heterocycles. The average Bonchev–Trinajstić information content (AvgIpc) is 2.96. The molecule has 2 aliphatic heterocycles. The van der Waals surface area contributed by atoms with E-state index in [1.165, 1.54) is 11.8 Å². The third-order valence-corrected chi connectivity index (χ3v) is 4.86. The Balaban J connectivity index is 1.97. The van der Waals surface area contributed by atoms with Crippen molar-refractivity contribution in [3.63, 3.8) is 0 Å². The van der Waals surface area contributed by atoms with E-state index >= 15 is 0 Å². The van der Waals surface area contributed by atoms with Gasteiger partial charge in [0.1, 0.15) is 5.82 Å². The molecule has 2 aliphatic rings. The zero-order valence-corrected chi connectivity index (χ0v) is 11.6. The van der Waals surface area contributed by atoms with Gasteiger partial charge < -0.3 is 14.8 Å². The zero-order valence-electron chi connectivity index (χ0n) is 11.6. The first kappa shape index (κ1) is 12.0. The lowest BCUT2D eigenvalue weighted by molar-refractivity contribution is 0.287. The maximum Gasteiger partial charge on any atom is 0.125 e. The fourth-order valence-electron chi connectivity index (χ4n) is 3.77. The summed E-state index contributed by atoms with van der Waals surface area (Å²) in [6.45, 7) is 2.00. The molecule has 2 aromatic rings. The largest absolute Gasteiger partial charge is 0.361 e. The quantitative estimate of drug-likeness (QED) is 0.795. The lowest BCUT2D eigenvalue weighted by Crippen LogP contribution is -2.53. The Kier molecular flexibility index (Phi) is 2.45. The smallest absolute Gasteiger partial charge is 0.125 e. The van der Waals surface area contributed by atoms with Gasteiger partial charge in [-0.3, -0.25) is 0 Å². The first-order valence-electron chi connectivity index (χ1n) is 7.15. The molecule has 104 valence electrons. The van der Waals surface area contributed by atoms with E-state index in [9.17, 15) is 4.39 Å². The van der Waals surface area contributed by atoms with E-state index in [-0.39, 0.29) is 11.4 Å². The number of anilines is 1. The Bertz CT molecular complexity index is 655. The summed E-state index contributed by atoms with van der Waals surface area (Å²) in [7, 11) is 2.10. The molecule has 0 aliphatic carbocycles. The molecule has 4 rings (SSSR count). The third-order valence-electron chi connectivity index (χ3n) is 4.86. The van der Waals surface area contributed by atoms with Gasteiger partial charge in [0.15, 0.2) is 0 Å². The number of aromatic nitrogens is 1. The first-order chi connectivity index (χ1) is 9.72. The van der Waals surface area contributed by atoms with Gasteiger partial charge in [-0.25, -0.2) is 4.39 Å². The van der Waals surface area contributed by atoms with Crippen LogP contribution < -0.4 is 10.2 Å². The van der Waals surface area contributed by atoms with E-state index in [1.54, 1.807) is 6.07 Å². The number of piperidine rings is 1. The molecule has 1 aromatic carbocycles. The second-order valence-electron chi connectivity index (χ2n) is 5.74. The Hall–Kier alpha value is -1.81. The number of benzene rings is 1. The molecule has 0 saturated carbocycles. The van der Waals surface area contributed by atoms with Crippen molar-refractivity contribution in [2.45, 2.75) is 18.4 Å². The number of rotatable bonds is 0. The maximum absolute atomic E-state index is 13.7. The molecule has 0 amide bonds. The Morgan fingerprint density at radius 1 is 1.15 bits per heavy atom. The normalized spacial score (nSPS) is 19.8. The molecule has 0 unspecified atom stereocenters. The molecule has 1 N–H and O–H groups in total. The molecule has 3 nitrogen and oxygen atoms in total. The molecule has 1 aromatic heterocycles. The van der Waals surface area contributed by atoms with E-state index < -0.39 is 0 Å². The van der Waals surface area contributed by atoms with Gasteiger partial charge >= 0.3 is 0 Å². The van der Waals surface area contributed by atoms with Crippen LogP contribution in [-0.4, -0.2) is 24.7 Å². The van der Waals surface area contributed by atoms with Crippen LogP contribution >= 0.6 is 0 Å². The summed E-state index contributed by atoms with van der Waals surface area (Å²) in [5.74, 6) is -0.171. The number of nitrogens with one attached hydrogen (secondary N) is 1. The Labute approximate surface area is 118 Å². The van der Waals surface area contributed by atoms with Gasteiger partial charge in [-0.05, 0) is 56.3 Å². The van der Waals surface area contributed by atoms with Crippen molar-refractivity contribution in [3.05, 3.63) is 48.0 Å². The zero-order chi connectivity index (χ0) is 13.7. The van der Waals surface area contributed by atoms with Crippen molar-refractivity contribution in [1.82, 2.24) is 9.88 Å². The van der Waals surface area contributed by atoms with E-state index in [1.807, 2.05) is 6.07 Å². The average molecular weight is 271 g/mol. The highest BCUT2D eigenvalue weighted by Crippen LogP contribution is 2.46. The second-order valence-corrected chi connectivity index (χ2v) is 5.74. The molecule has 0 bridgehead atoms. The van der Waals surface area contributed by atoms with Crippen LogP contribution in [0.3, 0.4) is 0 Å². The van der Waals surface area contributed by atoms with Crippen LogP contribution in [0.25, 0.3) is 5.69 Å². The van der Waals surface area contributed by atoms with E-state index in [4.69, 9.17) is 0 Å². The minimum atomic E-state index is -0.171. The summed E-state index contributed by atoms with van der Waals surface area (Å²) in [6, 6.07) is 9.36. The predicted molar refractivity (Wildman–Crippen MR) is 77.9 cm³/mol. The summed E-state index contributed by atoms with van der Waals surface area (Å²) in [5, 5.41) is 3.43. The summed E-state index contributed by atoms with van der Waals surface area (Å²) in [6.07, 6.45) is 4.18. The van der Waals surface area contributed by atoms with Crippen molar-refractivity contribution >= 4 is 5.69 Å². The number of hydrogen-bond donors (Lipinski definition) is 1. The van der Waals surface area contributed by atoms with Crippen LogP contribution in [0.15, 0.2) is 36.5 Å². The molecule has 1 spiro atoms. The third kappa shape index (κ3) is 1.43. The van der Waals surface area contributed by atoms with Crippen molar-refractivity contribution in [2.24, 2.45) is 0 Å². The Morgan fingerprint density at radius 2 is 1.95 bits per heavy atom. The topological polar surface area (TPSA) is 20.2 Å². The standard InChI is InChI=1S/C16H18FN3/c1-19-14-11-12(17)4-5-13(14)20-10-2-3-15(20)16(19)6-8-18-9-7-16/h2-5,10-11,18H,6-9H2,1H3. The number of fused-ring (bicyclic) bond motifs is 4. The van der Waals surface area contributed by atoms with Gasteiger partial charge in [-0.1, -0.05) is 0 Å². The minimum absolute atomic E-state index is 0.0183. The lowest BCUT2D eigenvalue weighted by Gasteiger charge is -2.50. The van der Waals surface area contributed by atoms with E-state index in [0.29, 0.717) is 0 Å². The molecule has 1 fully saturated rings. The monoisotopic (exact) mass is 271 g/mol.